The van der Waals surface area contributed by atoms with Crippen LogP contribution in [0.4, 0.5) is 9.18 Å². The molecule has 0 aliphatic carbocycles. The predicted molar refractivity (Wildman–Crippen MR) is 111 cm³/mol. The molecule has 1 fully saturated rings. The van der Waals surface area contributed by atoms with E-state index in [1.165, 1.54) is 17.7 Å². The van der Waals surface area contributed by atoms with Crippen molar-refractivity contribution in [1.82, 2.24) is 9.80 Å². The van der Waals surface area contributed by atoms with E-state index in [9.17, 15) is 14.0 Å². The highest BCUT2D eigenvalue weighted by Gasteiger charge is 2.33. The van der Waals surface area contributed by atoms with Crippen molar-refractivity contribution in [3.8, 4) is 0 Å². The van der Waals surface area contributed by atoms with E-state index in [1.54, 1.807) is 21.9 Å². The number of carbonyl (C=O) groups excluding carboxylic acids is 2. The minimum Gasteiger partial charge on any atom is -0.415 e. The van der Waals surface area contributed by atoms with Crippen molar-refractivity contribution in [2.45, 2.75) is 31.7 Å². The molecular weight excluding hydrogens is 383 g/mol. The molecular formula is C24H25FN2O3. The van der Waals surface area contributed by atoms with Gasteiger partial charge in [0.05, 0.1) is 6.04 Å². The summed E-state index contributed by atoms with van der Waals surface area (Å²) in [7, 11) is 0. The number of benzene rings is 2. The van der Waals surface area contributed by atoms with Crippen LogP contribution in [0.5, 0.6) is 0 Å². The van der Waals surface area contributed by atoms with Crippen molar-refractivity contribution in [3.63, 3.8) is 0 Å². The summed E-state index contributed by atoms with van der Waals surface area (Å²) in [6.07, 6.45) is 2.12. The Morgan fingerprint density at radius 3 is 2.60 bits per heavy atom. The van der Waals surface area contributed by atoms with Gasteiger partial charge in [0.15, 0.2) is 0 Å². The topological polar surface area (TPSA) is 49.9 Å². The first-order valence-electron chi connectivity index (χ1n) is 10.3. The molecule has 2 aliphatic rings. The summed E-state index contributed by atoms with van der Waals surface area (Å²) in [6, 6.07) is 13.8. The molecule has 2 aromatic carbocycles. The van der Waals surface area contributed by atoms with Crippen LogP contribution in [0.25, 0.3) is 0 Å². The van der Waals surface area contributed by atoms with Crippen LogP contribution in [0.2, 0.25) is 0 Å². The molecule has 1 atom stereocenters. The van der Waals surface area contributed by atoms with Gasteiger partial charge in [0.25, 0.3) is 0 Å². The second-order valence-electron chi connectivity index (χ2n) is 7.74. The fourth-order valence-corrected chi connectivity index (χ4v) is 4.20. The first-order valence-corrected chi connectivity index (χ1v) is 10.3. The lowest BCUT2D eigenvalue weighted by Crippen LogP contribution is -2.41. The van der Waals surface area contributed by atoms with E-state index in [0.717, 1.165) is 30.5 Å². The van der Waals surface area contributed by atoms with Crippen molar-refractivity contribution < 1.29 is 18.7 Å². The average Bonchev–Trinajstić information content (AvgIpc) is 3.17. The summed E-state index contributed by atoms with van der Waals surface area (Å²) >= 11 is 0. The fourth-order valence-electron chi connectivity index (χ4n) is 4.20. The molecule has 0 radical (unpaired) electrons. The Kier molecular flexibility index (Phi) is 5.84. The molecule has 0 unspecified atom stereocenters. The maximum absolute atomic E-state index is 13.5. The van der Waals surface area contributed by atoms with Crippen LogP contribution in [0.1, 0.15) is 42.0 Å². The highest BCUT2D eigenvalue weighted by atomic mass is 19.1. The van der Waals surface area contributed by atoms with E-state index < -0.39 is 6.09 Å². The van der Waals surface area contributed by atoms with Gasteiger partial charge >= 0.3 is 6.09 Å². The maximum Gasteiger partial charge on any atom is 0.415 e. The molecule has 2 heterocycles. The Bertz CT molecular complexity index is 957. The summed E-state index contributed by atoms with van der Waals surface area (Å²) in [4.78, 5) is 28.2. The molecule has 6 heteroatoms. The molecule has 2 amide bonds. The van der Waals surface area contributed by atoms with Crippen LogP contribution in [0, 0.1) is 5.82 Å². The molecule has 2 aliphatic heterocycles. The summed E-state index contributed by atoms with van der Waals surface area (Å²) in [5.41, 5.74) is 3.01. The van der Waals surface area contributed by atoms with E-state index in [4.69, 9.17) is 4.74 Å². The van der Waals surface area contributed by atoms with Gasteiger partial charge in [0.1, 0.15) is 11.6 Å². The number of halogens is 1. The Balaban J connectivity index is 1.49. The Morgan fingerprint density at radius 1 is 1.10 bits per heavy atom. The first-order chi connectivity index (χ1) is 14.5. The van der Waals surface area contributed by atoms with Gasteiger partial charge in [0, 0.05) is 32.5 Å². The van der Waals surface area contributed by atoms with Crippen molar-refractivity contribution in [2.24, 2.45) is 0 Å². The lowest BCUT2D eigenvalue weighted by molar-refractivity contribution is -0.127. The van der Waals surface area contributed by atoms with Crippen LogP contribution >= 0.6 is 0 Å². The van der Waals surface area contributed by atoms with Gasteiger partial charge in [-0.1, -0.05) is 43.0 Å². The molecule has 0 N–H and O–H groups in total. The highest BCUT2D eigenvalue weighted by molar-refractivity contribution is 5.78. The predicted octanol–water partition coefficient (Wildman–Crippen LogP) is 4.44. The van der Waals surface area contributed by atoms with Gasteiger partial charge in [-0.3, -0.25) is 9.69 Å². The van der Waals surface area contributed by atoms with Crippen molar-refractivity contribution in [3.05, 3.63) is 83.4 Å². The SMILES string of the molecule is C=C(CCN1CCCC1=O)OC(=O)N1CCc2ccccc2[C@@H]1c1ccc(F)cc1. The largest absolute Gasteiger partial charge is 0.415 e. The minimum absolute atomic E-state index is 0.137. The zero-order valence-corrected chi connectivity index (χ0v) is 16.9. The van der Waals surface area contributed by atoms with Crippen LogP contribution < -0.4 is 0 Å². The number of likely N-dealkylation sites (tertiary alicyclic amines) is 1. The lowest BCUT2D eigenvalue weighted by Gasteiger charge is -2.37. The second-order valence-corrected chi connectivity index (χ2v) is 7.74. The van der Waals surface area contributed by atoms with E-state index in [-0.39, 0.29) is 17.8 Å². The van der Waals surface area contributed by atoms with E-state index >= 15 is 0 Å². The third kappa shape index (κ3) is 4.22. The summed E-state index contributed by atoms with van der Waals surface area (Å²) in [6.45, 7) is 5.62. The molecule has 0 bridgehead atoms. The smallest absolute Gasteiger partial charge is 0.415 e. The van der Waals surface area contributed by atoms with Gasteiger partial charge in [-0.05, 0) is 41.7 Å². The molecule has 4 rings (SSSR count). The molecule has 0 saturated carbocycles. The standard InChI is InChI=1S/C24H25FN2O3/c1-17(12-15-26-14-4-7-22(26)28)30-24(29)27-16-13-18-5-2-3-6-21(18)23(27)19-8-10-20(25)11-9-19/h2-3,5-6,8-11,23H,1,4,7,12-16H2/t23-/m0/s1. The maximum atomic E-state index is 13.5. The minimum atomic E-state index is -0.475. The average molecular weight is 408 g/mol. The number of carbonyl (C=O) groups is 2. The molecule has 2 aromatic rings. The summed E-state index contributed by atoms with van der Waals surface area (Å²) in [5, 5.41) is 0. The fraction of sp³-hybridized carbons (Fsp3) is 0.333. The number of hydrogen-bond donors (Lipinski definition) is 0. The van der Waals surface area contributed by atoms with Crippen molar-refractivity contribution in [2.75, 3.05) is 19.6 Å². The Morgan fingerprint density at radius 2 is 1.87 bits per heavy atom. The van der Waals surface area contributed by atoms with E-state index in [2.05, 4.69) is 12.6 Å². The van der Waals surface area contributed by atoms with Gasteiger partial charge in [0.2, 0.25) is 5.91 Å². The van der Waals surface area contributed by atoms with E-state index in [1.807, 2.05) is 18.2 Å². The zero-order valence-electron chi connectivity index (χ0n) is 16.9. The molecule has 1 saturated heterocycles. The third-order valence-corrected chi connectivity index (χ3v) is 5.77. The number of rotatable bonds is 5. The number of nitrogens with zero attached hydrogens (tertiary/aromatic N) is 2. The molecule has 0 spiro atoms. The molecule has 156 valence electrons. The van der Waals surface area contributed by atoms with Crippen LogP contribution in [0.3, 0.4) is 0 Å². The highest BCUT2D eigenvalue weighted by Crippen LogP contribution is 2.35. The number of amides is 2. The summed E-state index contributed by atoms with van der Waals surface area (Å²) in [5.74, 6) is 0.163. The van der Waals surface area contributed by atoms with E-state index in [0.29, 0.717) is 31.7 Å². The van der Waals surface area contributed by atoms with Crippen molar-refractivity contribution >= 4 is 12.0 Å². The number of hydrogen-bond acceptors (Lipinski definition) is 3. The van der Waals surface area contributed by atoms with Crippen LogP contribution in [0.15, 0.2) is 60.9 Å². The van der Waals surface area contributed by atoms with Gasteiger partial charge < -0.3 is 9.64 Å². The molecule has 5 nitrogen and oxygen atoms in total. The third-order valence-electron chi connectivity index (χ3n) is 5.77. The Labute approximate surface area is 175 Å². The van der Waals surface area contributed by atoms with Crippen LogP contribution in [-0.4, -0.2) is 41.4 Å². The number of ether oxygens (including phenoxy) is 1. The molecule has 0 aromatic heterocycles. The monoisotopic (exact) mass is 408 g/mol. The second kappa shape index (κ2) is 8.69. The first kappa shape index (κ1) is 20.1. The number of fused-ring (bicyclic) bond motifs is 1. The normalized spacial score (nSPS) is 18.3. The van der Waals surface area contributed by atoms with Crippen molar-refractivity contribution in [1.29, 1.82) is 0 Å². The zero-order chi connectivity index (χ0) is 21.1. The molecule has 30 heavy (non-hydrogen) atoms. The van der Waals surface area contributed by atoms with Gasteiger partial charge in [-0.25, -0.2) is 9.18 Å². The van der Waals surface area contributed by atoms with Gasteiger partial charge in [-0.2, -0.15) is 0 Å². The quantitative estimate of drug-likeness (QED) is 0.688. The van der Waals surface area contributed by atoms with Gasteiger partial charge in [-0.15, -0.1) is 0 Å². The Hall–Kier alpha value is -3.15. The lowest BCUT2D eigenvalue weighted by atomic mass is 9.88. The summed E-state index contributed by atoms with van der Waals surface area (Å²) < 4.78 is 19.0. The van der Waals surface area contributed by atoms with Crippen LogP contribution in [-0.2, 0) is 16.0 Å².